The number of carbonyl (C=O) groups is 2. The first-order chi connectivity index (χ1) is 15.1. The molecule has 2 aliphatic heterocycles. The van der Waals surface area contributed by atoms with Gasteiger partial charge in [0.15, 0.2) is 5.58 Å². The normalized spacial score (nSPS) is 19.3. The molecule has 1 aromatic heterocycles. The Kier molecular flexibility index (Phi) is 5.10. The minimum absolute atomic E-state index is 0.0297. The Bertz CT molecular complexity index is 1080. The van der Waals surface area contributed by atoms with Crippen molar-refractivity contribution in [2.75, 3.05) is 25.1 Å². The monoisotopic (exact) mass is 419 g/mol. The smallest absolute Gasteiger partial charge is 0.328 e. The molecule has 1 saturated heterocycles. The molecular formula is C24H25N3O4. The fraction of sp³-hybridized carbons (Fsp3) is 0.375. The number of hydrogen-bond donors (Lipinski definition) is 0. The standard InChI is InChI=1S/C24H25N3O4/c1-30-23(29)20-14-17-6-2-3-7-18(17)15-27(20)22(28)16-10-12-26(13-11-16)24-25-19-8-4-5-9-21(19)31-24/h2-9,16,20H,10-15H2,1H3. The lowest BCUT2D eigenvalue weighted by molar-refractivity contribution is -0.156. The second-order valence-electron chi connectivity index (χ2n) is 8.20. The second-order valence-corrected chi connectivity index (χ2v) is 8.20. The number of carbonyl (C=O) groups excluding carboxylic acids is 2. The zero-order chi connectivity index (χ0) is 21.4. The number of hydrogen-bond acceptors (Lipinski definition) is 6. The number of fused-ring (bicyclic) bond motifs is 2. The Morgan fingerprint density at radius 1 is 1.03 bits per heavy atom. The van der Waals surface area contributed by atoms with Gasteiger partial charge in [0.05, 0.1) is 7.11 Å². The zero-order valence-corrected chi connectivity index (χ0v) is 17.5. The number of amides is 1. The Balaban J connectivity index is 1.30. The molecule has 1 atom stereocenters. The van der Waals surface area contributed by atoms with Crippen LogP contribution in [0.25, 0.3) is 11.1 Å². The SMILES string of the molecule is COC(=O)C1Cc2ccccc2CN1C(=O)C1CCN(c2nc3ccccc3o2)CC1. The van der Waals surface area contributed by atoms with Crippen LogP contribution in [-0.2, 0) is 27.3 Å². The summed E-state index contributed by atoms with van der Waals surface area (Å²) in [4.78, 5) is 34.3. The van der Waals surface area contributed by atoms with Crippen LogP contribution >= 0.6 is 0 Å². The van der Waals surface area contributed by atoms with Crippen LogP contribution in [0.3, 0.4) is 0 Å². The molecule has 1 amide bonds. The number of para-hydroxylation sites is 2. The molecule has 0 radical (unpaired) electrons. The van der Waals surface area contributed by atoms with Gasteiger partial charge >= 0.3 is 5.97 Å². The Hall–Kier alpha value is -3.35. The van der Waals surface area contributed by atoms with Crippen molar-refractivity contribution in [2.24, 2.45) is 5.92 Å². The van der Waals surface area contributed by atoms with Gasteiger partial charge in [0.2, 0.25) is 5.91 Å². The van der Waals surface area contributed by atoms with E-state index >= 15 is 0 Å². The summed E-state index contributed by atoms with van der Waals surface area (Å²) in [7, 11) is 1.38. The van der Waals surface area contributed by atoms with Crippen molar-refractivity contribution >= 4 is 29.0 Å². The number of esters is 1. The lowest BCUT2D eigenvalue weighted by atomic mass is 9.90. The third-order valence-electron chi connectivity index (χ3n) is 6.40. The van der Waals surface area contributed by atoms with Crippen LogP contribution in [0.1, 0.15) is 24.0 Å². The summed E-state index contributed by atoms with van der Waals surface area (Å²) < 4.78 is 10.9. The first-order valence-corrected chi connectivity index (χ1v) is 10.7. The largest absolute Gasteiger partial charge is 0.467 e. The third kappa shape index (κ3) is 3.65. The molecule has 1 fully saturated rings. The van der Waals surface area contributed by atoms with E-state index in [0.717, 1.165) is 22.2 Å². The van der Waals surface area contributed by atoms with E-state index in [0.29, 0.717) is 44.9 Å². The summed E-state index contributed by atoms with van der Waals surface area (Å²) in [6.45, 7) is 1.83. The van der Waals surface area contributed by atoms with Gasteiger partial charge in [-0.25, -0.2) is 4.79 Å². The molecular weight excluding hydrogens is 394 g/mol. The highest BCUT2D eigenvalue weighted by molar-refractivity contribution is 5.87. The van der Waals surface area contributed by atoms with E-state index in [1.807, 2.05) is 48.5 Å². The van der Waals surface area contributed by atoms with E-state index in [9.17, 15) is 9.59 Å². The minimum Gasteiger partial charge on any atom is -0.467 e. The number of ether oxygens (including phenoxy) is 1. The zero-order valence-electron chi connectivity index (χ0n) is 17.5. The fourth-order valence-electron chi connectivity index (χ4n) is 4.65. The Labute approximate surface area is 180 Å². The average Bonchev–Trinajstić information content (AvgIpc) is 3.27. The number of methoxy groups -OCH3 is 1. The van der Waals surface area contributed by atoms with Gasteiger partial charge in [-0.3, -0.25) is 4.79 Å². The van der Waals surface area contributed by atoms with Gasteiger partial charge in [0, 0.05) is 32.0 Å². The quantitative estimate of drug-likeness (QED) is 0.607. The number of aromatic nitrogens is 1. The Morgan fingerprint density at radius 2 is 1.74 bits per heavy atom. The number of nitrogens with zero attached hydrogens (tertiary/aromatic N) is 3. The molecule has 3 aromatic rings. The van der Waals surface area contributed by atoms with Crippen molar-refractivity contribution in [1.29, 1.82) is 0 Å². The van der Waals surface area contributed by atoms with Crippen molar-refractivity contribution in [3.05, 3.63) is 59.7 Å². The van der Waals surface area contributed by atoms with Crippen molar-refractivity contribution in [1.82, 2.24) is 9.88 Å². The lowest BCUT2D eigenvalue weighted by Crippen LogP contribution is -2.52. The summed E-state index contributed by atoms with van der Waals surface area (Å²) in [5.74, 6) is -0.452. The first kappa shape index (κ1) is 19.6. The van der Waals surface area contributed by atoms with Gasteiger partial charge in [0.25, 0.3) is 6.01 Å². The summed E-state index contributed by atoms with van der Waals surface area (Å²) in [5, 5.41) is 0. The molecule has 1 unspecified atom stereocenters. The summed E-state index contributed by atoms with van der Waals surface area (Å²) in [6, 6.07) is 15.7. The predicted molar refractivity (Wildman–Crippen MR) is 115 cm³/mol. The molecule has 160 valence electrons. The highest BCUT2D eigenvalue weighted by Crippen LogP contribution is 2.30. The van der Waals surface area contributed by atoms with Crippen LogP contribution in [0.2, 0.25) is 0 Å². The van der Waals surface area contributed by atoms with Crippen LogP contribution in [-0.4, -0.2) is 48.0 Å². The maximum absolute atomic E-state index is 13.4. The van der Waals surface area contributed by atoms with Crippen molar-refractivity contribution < 1.29 is 18.7 Å². The van der Waals surface area contributed by atoms with Crippen molar-refractivity contribution in [2.45, 2.75) is 31.8 Å². The van der Waals surface area contributed by atoms with E-state index in [1.165, 1.54) is 7.11 Å². The van der Waals surface area contributed by atoms with Crippen LogP contribution < -0.4 is 4.90 Å². The van der Waals surface area contributed by atoms with Gasteiger partial charge in [-0.05, 0) is 36.1 Å². The molecule has 3 heterocycles. The highest BCUT2D eigenvalue weighted by Gasteiger charge is 2.39. The number of benzene rings is 2. The number of piperidine rings is 1. The Morgan fingerprint density at radius 3 is 2.48 bits per heavy atom. The minimum atomic E-state index is -0.567. The fourth-order valence-corrected chi connectivity index (χ4v) is 4.65. The number of rotatable bonds is 3. The second kappa shape index (κ2) is 8.06. The van der Waals surface area contributed by atoms with Gasteiger partial charge in [-0.1, -0.05) is 36.4 Å². The van der Waals surface area contributed by atoms with E-state index in [2.05, 4.69) is 9.88 Å². The molecule has 31 heavy (non-hydrogen) atoms. The van der Waals surface area contributed by atoms with E-state index < -0.39 is 6.04 Å². The summed E-state index contributed by atoms with van der Waals surface area (Å²) >= 11 is 0. The van der Waals surface area contributed by atoms with Crippen LogP contribution in [0.15, 0.2) is 52.9 Å². The molecule has 2 aromatic carbocycles. The molecule has 7 nitrogen and oxygen atoms in total. The van der Waals surface area contributed by atoms with Crippen LogP contribution in [0.4, 0.5) is 6.01 Å². The first-order valence-electron chi connectivity index (χ1n) is 10.7. The highest BCUT2D eigenvalue weighted by atomic mass is 16.5. The third-order valence-corrected chi connectivity index (χ3v) is 6.40. The van der Waals surface area contributed by atoms with E-state index in [-0.39, 0.29) is 17.8 Å². The number of anilines is 1. The molecule has 0 saturated carbocycles. The van der Waals surface area contributed by atoms with Gasteiger partial charge in [-0.15, -0.1) is 0 Å². The summed E-state index contributed by atoms with van der Waals surface area (Å²) in [5.41, 5.74) is 3.81. The van der Waals surface area contributed by atoms with Crippen molar-refractivity contribution in [3.63, 3.8) is 0 Å². The molecule has 5 rings (SSSR count). The molecule has 0 N–H and O–H groups in total. The molecule has 0 aliphatic carbocycles. The molecule has 7 heteroatoms. The molecule has 2 aliphatic rings. The summed E-state index contributed by atoms with van der Waals surface area (Å²) in [6.07, 6.45) is 1.89. The topological polar surface area (TPSA) is 75.9 Å². The molecule has 0 spiro atoms. The van der Waals surface area contributed by atoms with Gasteiger partial charge in [0.1, 0.15) is 11.6 Å². The number of oxazole rings is 1. The van der Waals surface area contributed by atoms with Gasteiger partial charge < -0.3 is 19.0 Å². The molecule has 0 bridgehead atoms. The average molecular weight is 419 g/mol. The predicted octanol–water partition coefficient (Wildman–Crippen LogP) is 3.17. The van der Waals surface area contributed by atoms with Crippen LogP contribution in [0.5, 0.6) is 0 Å². The van der Waals surface area contributed by atoms with Crippen LogP contribution in [0, 0.1) is 5.92 Å². The van der Waals surface area contributed by atoms with E-state index in [1.54, 1.807) is 4.90 Å². The lowest BCUT2D eigenvalue weighted by Gasteiger charge is -2.39. The van der Waals surface area contributed by atoms with E-state index in [4.69, 9.17) is 9.15 Å². The van der Waals surface area contributed by atoms with Crippen molar-refractivity contribution in [3.8, 4) is 0 Å². The van der Waals surface area contributed by atoms with Gasteiger partial charge in [-0.2, -0.15) is 4.98 Å². The maximum atomic E-state index is 13.4. The maximum Gasteiger partial charge on any atom is 0.328 e.